The van der Waals surface area contributed by atoms with Crippen molar-refractivity contribution in [2.75, 3.05) is 0 Å². The van der Waals surface area contributed by atoms with E-state index in [0.29, 0.717) is 5.92 Å². The zero-order valence-corrected chi connectivity index (χ0v) is 10.4. The number of aromatic nitrogens is 1. The first-order chi connectivity index (χ1) is 8.25. The molecule has 1 N–H and O–H groups in total. The van der Waals surface area contributed by atoms with E-state index in [0.717, 1.165) is 37.9 Å². The summed E-state index contributed by atoms with van der Waals surface area (Å²) < 4.78 is 2.09. The Morgan fingerprint density at radius 2 is 2.35 bits per heavy atom. The maximum Gasteiger partial charge on any atom is 0.108 e. The summed E-state index contributed by atoms with van der Waals surface area (Å²) in [5.41, 5.74) is 1.62. The van der Waals surface area contributed by atoms with Crippen molar-refractivity contribution in [2.45, 2.75) is 51.2 Å². The molecule has 1 aromatic rings. The van der Waals surface area contributed by atoms with Gasteiger partial charge in [0.15, 0.2) is 0 Å². The number of nitrogens with zero attached hydrogens (tertiary/aromatic N) is 2. The highest BCUT2D eigenvalue weighted by Crippen LogP contribution is 2.43. The van der Waals surface area contributed by atoms with Gasteiger partial charge in [0.2, 0.25) is 0 Å². The molecule has 3 nitrogen and oxygen atoms in total. The van der Waals surface area contributed by atoms with Crippen LogP contribution in [0.5, 0.6) is 0 Å². The van der Waals surface area contributed by atoms with Crippen LogP contribution in [0.3, 0.4) is 0 Å². The highest BCUT2D eigenvalue weighted by molar-refractivity contribution is 5.65. The molecular weight excluding hydrogens is 212 g/mol. The predicted octanol–water partition coefficient (Wildman–Crippen LogP) is 2.67. The third-order valence-corrected chi connectivity index (χ3v) is 4.43. The molecule has 3 rings (SSSR count). The lowest BCUT2D eigenvalue weighted by atomic mass is 9.72. The zero-order valence-electron chi connectivity index (χ0n) is 10.4. The van der Waals surface area contributed by atoms with Crippen LogP contribution in [0.1, 0.15) is 50.4 Å². The van der Waals surface area contributed by atoms with Crippen LogP contribution >= 0.6 is 0 Å². The van der Waals surface area contributed by atoms with Crippen LogP contribution in [-0.4, -0.2) is 16.0 Å². The molecule has 2 atom stereocenters. The van der Waals surface area contributed by atoms with Gasteiger partial charge >= 0.3 is 0 Å². The second-order valence-corrected chi connectivity index (χ2v) is 5.31. The molecule has 0 saturated heterocycles. The molecule has 0 bridgehead atoms. The van der Waals surface area contributed by atoms with Gasteiger partial charge in [0.25, 0.3) is 0 Å². The van der Waals surface area contributed by atoms with E-state index in [1.165, 1.54) is 12.1 Å². The number of rotatable bonds is 2. The van der Waals surface area contributed by atoms with Gasteiger partial charge < -0.3 is 9.67 Å². The summed E-state index contributed by atoms with van der Waals surface area (Å²) in [4.78, 5) is 4.28. The Kier molecular flexibility index (Phi) is 2.58. The Hall–Kier alpha value is -1.09. The number of fused-ring (bicyclic) bond motifs is 1. The van der Waals surface area contributed by atoms with Gasteiger partial charge in [-0.1, -0.05) is 26.2 Å². The second kappa shape index (κ2) is 3.98. The van der Waals surface area contributed by atoms with E-state index in [2.05, 4.69) is 28.6 Å². The van der Waals surface area contributed by atoms with Crippen molar-refractivity contribution in [1.29, 1.82) is 0 Å². The van der Waals surface area contributed by atoms with E-state index in [9.17, 15) is 5.11 Å². The molecular formula is C14H20N2O. The smallest absolute Gasteiger partial charge is 0.108 e. The van der Waals surface area contributed by atoms with Crippen LogP contribution in [-0.2, 0) is 12.1 Å². The molecule has 2 aliphatic rings. The van der Waals surface area contributed by atoms with Gasteiger partial charge in [0.05, 0.1) is 18.6 Å². The van der Waals surface area contributed by atoms with Crippen molar-refractivity contribution in [3.8, 4) is 0 Å². The third kappa shape index (κ3) is 1.56. The van der Waals surface area contributed by atoms with Crippen LogP contribution < -0.4 is 0 Å². The summed E-state index contributed by atoms with van der Waals surface area (Å²) in [7, 11) is 0. The molecule has 3 heteroatoms. The molecule has 1 saturated carbocycles. The maximum absolute atomic E-state index is 11.1. The first-order valence-electron chi connectivity index (χ1n) is 6.68. The Morgan fingerprint density at radius 1 is 1.47 bits per heavy atom. The first kappa shape index (κ1) is 11.0. The highest BCUT2D eigenvalue weighted by Gasteiger charge is 2.41. The Balaban J connectivity index is 2.02. The largest absolute Gasteiger partial charge is 0.383 e. The van der Waals surface area contributed by atoms with E-state index in [1.807, 2.05) is 6.34 Å². The molecule has 0 radical (unpaired) electrons. The molecule has 2 heterocycles. The van der Waals surface area contributed by atoms with Gasteiger partial charge in [-0.2, -0.15) is 0 Å². The SMILES string of the molecule is CCC1CCCCC1(O)c1ccc2n1C=NC2. The molecule has 1 fully saturated rings. The lowest BCUT2D eigenvalue weighted by Gasteiger charge is -2.40. The molecule has 2 unspecified atom stereocenters. The average Bonchev–Trinajstić information content (AvgIpc) is 2.90. The molecule has 1 aliphatic carbocycles. The molecule has 17 heavy (non-hydrogen) atoms. The minimum atomic E-state index is -0.637. The van der Waals surface area contributed by atoms with Crippen LogP contribution in [0.4, 0.5) is 0 Å². The topological polar surface area (TPSA) is 37.5 Å². The van der Waals surface area contributed by atoms with Gasteiger partial charge in [0, 0.05) is 5.69 Å². The predicted molar refractivity (Wildman–Crippen MR) is 68.2 cm³/mol. The van der Waals surface area contributed by atoms with Crippen molar-refractivity contribution in [2.24, 2.45) is 10.9 Å². The van der Waals surface area contributed by atoms with E-state index >= 15 is 0 Å². The Labute approximate surface area is 102 Å². The Bertz CT molecular complexity index is 449. The Morgan fingerprint density at radius 3 is 3.18 bits per heavy atom. The van der Waals surface area contributed by atoms with Crippen molar-refractivity contribution in [3.63, 3.8) is 0 Å². The lowest BCUT2D eigenvalue weighted by molar-refractivity contribution is -0.0599. The molecule has 0 amide bonds. The van der Waals surface area contributed by atoms with E-state index in [-0.39, 0.29) is 0 Å². The van der Waals surface area contributed by atoms with Gasteiger partial charge in [-0.05, 0) is 30.9 Å². The van der Waals surface area contributed by atoms with E-state index < -0.39 is 5.60 Å². The van der Waals surface area contributed by atoms with Crippen molar-refractivity contribution >= 4 is 6.34 Å². The van der Waals surface area contributed by atoms with Gasteiger partial charge in [-0.3, -0.25) is 4.99 Å². The van der Waals surface area contributed by atoms with E-state index in [1.54, 1.807) is 0 Å². The fourth-order valence-corrected chi connectivity index (χ4v) is 3.43. The molecule has 1 aromatic heterocycles. The number of aliphatic hydroxyl groups is 1. The fourth-order valence-electron chi connectivity index (χ4n) is 3.43. The fraction of sp³-hybridized carbons (Fsp3) is 0.643. The van der Waals surface area contributed by atoms with Crippen LogP contribution in [0.25, 0.3) is 0 Å². The monoisotopic (exact) mass is 232 g/mol. The molecule has 92 valence electrons. The minimum Gasteiger partial charge on any atom is -0.383 e. The van der Waals surface area contributed by atoms with Crippen LogP contribution in [0.15, 0.2) is 17.1 Å². The molecule has 1 aliphatic heterocycles. The standard InChI is InChI=1S/C14H20N2O/c1-2-11-5-3-4-8-14(11,17)13-7-6-12-9-15-10-16(12)13/h6-7,10-11,17H,2-5,8-9H2,1H3. The van der Waals surface area contributed by atoms with E-state index in [4.69, 9.17) is 0 Å². The summed E-state index contributed by atoms with van der Waals surface area (Å²) in [6.07, 6.45) is 7.33. The summed E-state index contributed by atoms with van der Waals surface area (Å²) in [6, 6.07) is 4.19. The van der Waals surface area contributed by atoms with Crippen molar-refractivity contribution in [1.82, 2.24) is 4.57 Å². The van der Waals surface area contributed by atoms with Crippen molar-refractivity contribution in [3.05, 3.63) is 23.5 Å². The third-order valence-electron chi connectivity index (χ3n) is 4.43. The summed E-state index contributed by atoms with van der Waals surface area (Å²) in [5.74, 6) is 0.393. The van der Waals surface area contributed by atoms with Crippen molar-refractivity contribution < 1.29 is 5.11 Å². The highest BCUT2D eigenvalue weighted by atomic mass is 16.3. The summed E-state index contributed by atoms with van der Waals surface area (Å²) in [6.45, 7) is 2.94. The first-order valence-corrected chi connectivity index (χ1v) is 6.68. The number of hydrogen-bond donors (Lipinski definition) is 1. The number of aliphatic imine (C=N–C) groups is 1. The van der Waals surface area contributed by atoms with Gasteiger partial charge in [-0.15, -0.1) is 0 Å². The summed E-state index contributed by atoms with van der Waals surface area (Å²) in [5, 5.41) is 11.1. The average molecular weight is 232 g/mol. The molecule has 0 aromatic carbocycles. The normalized spacial score (nSPS) is 31.8. The minimum absolute atomic E-state index is 0.393. The second-order valence-electron chi connectivity index (χ2n) is 5.31. The maximum atomic E-state index is 11.1. The zero-order chi connectivity index (χ0) is 11.9. The lowest BCUT2D eigenvalue weighted by Crippen LogP contribution is -2.39. The quantitative estimate of drug-likeness (QED) is 0.836. The number of hydrogen-bond acceptors (Lipinski definition) is 2. The van der Waals surface area contributed by atoms with Crippen LogP contribution in [0, 0.1) is 5.92 Å². The van der Waals surface area contributed by atoms with Gasteiger partial charge in [0.1, 0.15) is 5.60 Å². The van der Waals surface area contributed by atoms with Gasteiger partial charge in [-0.25, -0.2) is 0 Å². The van der Waals surface area contributed by atoms with Crippen LogP contribution in [0.2, 0.25) is 0 Å². The molecule has 0 spiro atoms. The summed E-state index contributed by atoms with van der Waals surface area (Å²) >= 11 is 0.